The predicted molar refractivity (Wildman–Crippen MR) is 64.4 cm³/mol. The molecule has 1 aromatic heterocycles. The molecule has 1 heterocycles. The van der Waals surface area contributed by atoms with Crippen molar-refractivity contribution in [3.8, 4) is 5.75 Å². The molecule has 2 rings (SSSR count). The number of benzene rings is 1. The average Bonchev–Trinajstić information content (AvgIpc) is 2.74. The minimum Gasteiger partial charge on any atom is -0.495 e. The number of hydrogen-bond donors (Lipinski definition) is 1. The van der Waals surface area contributed by atoms with Gasteiger partial charge in [0.1, 0.15) is 17.1 Å². The highest BCUT2D eigenvalue weighted by Gasteiger charge is 2.06. The van der Waals surface area contributed by atoms with Gasteiger partial charge in [-0.15, -0.1) is 0 Å². The van der Waals surface area contributed by atoms with Crippen LogP contribution in [0, 0.1) is 6.92 Å². The first-order chi connectivity index (χ1) is 8.20. The van der Waals surface area contributed by atoms with Crippen LogP contribution in [0.15, 0.2) is 22.8 Å². The summed E-state index contributed by atoms with van der Waals surface area (Å²) in [6.45, 7) is 2.38. The van der Waals surface area contributed by atoms with Crippen molar-refractivity contribution in [2.45, 2.75) is 13.5 Å². The Kier molecular flexibility index (Phi) is 3.49. The average molecular weight is 254 g/mol. The summed E-state index contributed by atoms with van der Waals surface area (Å²) in [7, 11) is 1.58. The Labute approximate surface area is 104 Å². The monoisotopic (exact) mass is 253 g/mol. The van der Waals surface area contributed by atoms with Gasteiger partial charge in [0, 0.05) is 11.8 Å². The smallest absolute Gasteiger partial charge is 0.139 e. The predicted octanol–water partition coefficient (Wildman–Crippen LogP) is 2.65. The zero-order chi connectivity index (χ0) is 12.3. The van der Waals surface area contributed by atoms with Gasteiger partial charge in [-0.25, -0.2) is 4.63 Å². The van der Waals surface area contributed by atoms with E-state index < -0.39 is 0 Å². The molecule has 0 aliphatic heterocycles. The van der Waals surface area contributed by atoms with Crippen LogP contribution < -0.4 is 10.1 Å². The van der Waals surface area contributed by atoms with E-state index in [-0.39, 0.29) is 0 Å². The molecule has 0 fully saturated rings. The van der Waals surface area contributed by atoms with Crippen LogP contribution >= 0.6 is 11.6 Å². The Hall–Kier alpha value is -1.75. The molecule has 0 aliphatic rings. The third-order valence-corrected chi connectivity index (χ3v) is 2.67. The third-order valence-electron chi connectivity index (χ3n) is 2.36. The lowest BCUT2D eigenvalue weighted by Gasteiger charge is -2.08. The Morgan fingerprint density at radius 2 is 2.24 bits per heavy atom. The molecular formula is C11H12ClN3O2. The number of nitrogens with one attached hydrogen (secondary N) is 1. The highest BCUT2D eigenvalue weighted by molar-refractivity contribution is 6.32. The van der Waals surface area contributed by atoms with Gasteiger partial charge in [0.15, 0.2) is 0 Å². The minimum absolute atomic E-state index is 0.542. The zero-order valence-corrected chi connectivity index (χ0v) is 10.3. The van der Waals surface area contributed by atoms with Gasteiger partial charge in [0.25, 0.3) is 0 Å². The Morgan fingerprint density at radius 1 is 1.41 bits per heavy atom. The molecule has 0 saturated carbocycles. The molecule has 1 N–H and O–H groups in total. The highest BCUT2D eigenvalue weighted by Crippen LogP contribution is 2.27. The fourth-order valence-corrected chi connectivity index (χ4v) is 1.56. The number of aromatic nitrogens is 2. The lowest BCUT2D eigenvalue weighted by Crippen LogP contribution is -2.01. The SMILES string of the molecule is COc1cc(NCc2nonc2C)ccc1Cl. The molecule has 0 bridgehead atoms. The van der Waals surface area contributed by atoms with Crippen molar-refractivity contribution in [1.82, 2.24) is 10.3 Å². The second-order valence-electron chi connectivity index (χ2n) is 3.50. The molecule has 90 valence electrons. The van der Waals surface area contributed by atoms with Crippen LogP contribution in [0.5, 0.6) is 5.75 Å². The fourth-order valence-electron chi connectivity index (χ4n) is 1.37. The summed E-state index contributed by atoms with van der Waals surface area (Å²) in [5.41, 5.74) is 2.45. The Bertz CT molecular complexity index is 513. The Balaban J connectivity index is 2.07. The van der Waals surface area contributed by atoms with E-state index in [1.54, 1.807) is 13.2 Å². The van der Waals surface area contributed by atoms with Crippen molar-refractivity contribution in [2.24, 2.45) is 0 Å². The van der Waals surface area contributed by atoms with E-state index in [0.717, 1.165) is 17.1 Å². The van der Waals surface area contributed by atoms with Crippen LogP contribution in [0.2, 0.25) is 5.02 Å². The van der Waals surface area contributed by atoms with Crippen molar-refractivity contribution >= 4 is 17.3 Å². The van der Waals surface area contributed by atoms with Crippen LogP contribution in [-0.2, 0) is 6.54 Å². The zero-order valence-electron chi connectivity index (χ0n) is 9.53. The van der Waals surface area contributed by atoms with E-state index in [1.807, 2.05) is 19.1 Å². The fraction of sp³-hybridized carbons (Fsp3) is 0.273. The third kappa shape index (κ3) is 2.68. The molecule has 0 unspecified atom stereocenters. The molecule has 0 atom stereocenters. The number of aryl methyl sites for hydroxylation is 1. The van der Waals surface area contributed by atoms with Gasteiger partial charge in [0.2, 0.25) is 0 Å². The van der Waals surface area contributed by atoms with E-state index in [4.69, 9.17) is 16.3 Å². The molecule has 0 radical (unpaired) electrons. The van der Waals surface area contributed by atoms with Crippen LogP contribution in [-0.4, -0.2) is 17.4 Å². The van der Waals surface area contributed by atoms with Crippen molar-refractivity contribution in [2.75, 3.05) is 12.4 Å². The maximum atomic E-state index is 5.93. The summed E-state index contributed by atoms with van der Waals surface area (Å²) in [5, 5.41) is 11.3. The lowest BCUT2D eigenvalue weighted by molar-refractivity contribution is 0.301. The summed E-state index contributed by atoms with van der Waals surface area (Å²) in [6.07, 6.45) is 0. The maximum Gasteiger partial charge on any atom is 0.139 e. The first-order valence-corrected chi connectivity index (χ1v) is 5.44. The van der Waals surface area contributed by atoms with Gasteiger partial charge in [0.05, 0.1) is 18.7 Å². The normalized spacial score (nSPS) is 10.3. The maximum absolute atomic E-state index is 5.93. The van der Waals surface area contributed by atoms with Gasteiger partial charge in [-0.05, 0) is 19.1 Å². The van der Waals surface area contributed by atoms with Gasteiger partial charge in [-0.1, -0.05) is 21.9 Å². The van der Waals surface area contributed by atoms with E-state index in [0.29, 0.717) is 17.3 Å². The molecule has 0 amide bonds. The van der Waals surface area contributed by atoms with Gasteiger partial charge in [-0.3, -0.25) is 0 Å². The number of nitrogens with zero attached hydrogens (tertiary/aromatic N) is 2. The minimum atomic E-state index is 0.542. The molecule has 1 aromatic carbocycles. The number of halogens is 1. The number of ether oxygens (including phenoxy) is 1. The number of anilines is 1. The van der Waals surface area contributed by atoms with Crippen molar-refractivity contribution in [1.29, 1.82) is 0 Å². The molecule has 2 aromatic rings. The second-order valence-corrected chi connectivity index (χ2v) is 3.91. The largest absolute Gasteiger partial charge is 0.495 e. The molecule has 0 saturated heterocycles. The van der Waals surface area contributed by atoms with Crippen LogP contribution in [0.3, 0.4) is 0 Å². The van der Waals surface area contributed by atoms with Gasteiger partial charge < -0.3 is 10.1 Å². The Morgan fingerprint density at radius 3 is 2.88 bits per heavy atom. The second kappa shape index (κ2) is 5.05. The van der Waals surface area contributed by atoms with Crippen molar-refractivity contribution in [3.05, 3.63) is 34.6 Å². The van der Waals surface area contributed by atoms with Crippen LogP contribution in [0.25, 0.3) is 0 Å². The summed E-state index contributed by atoms with van der Waals surface area (Å²) >= 11 is 5.93. The first-order valence-electron chi connectivity index (χ1n) is 5.06. The van der Waals surface area contributed by atoms with E-state index in [2.05, 4.69) is 20.3 Å². The molecular weight excluding hydrogens is 242 g/mol. The molecule has 5 nitrogen and oxygen atoms in total. The topological polar surface area (TPSA) is 60.2 Å². The molecule has 6 heteroatoms. The van der Waals surface area contributed by atoms with Crippen LogP contribution in [0.4, 0.5) is 5.69 Å². The summed E-state index contributed by atoms with van der Waals surface area (Å²) in [4.78, 5) is 0. The lowest BCUT2D eigenvalue weighted by atomic mass is 10.3. The van der Waals surface area contributed by atoms with Gasteiger partial charge in [-0.2, -0.15) is 0 Å². The van der Waals surface area contributed by atoms with Crippen molar-refractivity contribution < 1.29 is 9.37 Å². The molecule has 0 spiro atoms. The van der Waals surface area contributed by atoms with E-state index in [9.17, 15) is 0 Å². The number of methoxy groups -OCH3 is 1. The molecule has 0 aliphatic carbocycles. The standard InChI is InChI=1S/C11H12ClN3O2/c1-7-10(15-17-14-7)6-13-8-3-4-9(12)11(5-8)16-2/h3-5,13H,6H2,1-2H3. The van der Waals surface area contributed by atoms with Crippen molar-refractivity contribution in [3.63, 3.8) is 0 Å². The van der Waals surface area contributed by atoms with Gasteiger partial charge >= 0.3 is 0 Å². The van der Waals surface area contributed by atoms with E-state index >= 15 is 0 Å². The summed E-state index contributed by atoms with van der Waals surface area (Å²) in [5.74, 6) is 0.631. The summed E-state index contributed by atoms with van der Waals surface area (Å²) < 4.78 is 9.74. The summed E-state index contributed by atoms with van der Waals surface area (Å²) in [6, 6.07) is 5.47. The number of hydrogen-bond acceptors (Lipinski definition) is 5. The highest BCUT2D eigenvalue weighted by atomic mass is 35.5. The van der Waals surface area contributed by atoms with E-state index in [1.165, 1.54) is 0 Å². The van der Waals surface area contributed by atoms with Crippen LogP contribution in [0.1, 0.15) is 11.4 Å². The quantitative estimate of drug-likeness (QED) is 0.908. The first kappa shape index (κ1) is 11.7. The number of rotatable bonds is 4. The molecule has 17 heavy (non-hydrogen) atoms.